The number of hydrogen-bond donors (Lipinski definition) is 2. The predicted molar refractivity (Wildman–Crippen MR) is 75.2 cm³/mol. The third kappa shape index (κ3) is 2.87. The van der Waals surface area contributed by atoms with E-state index in [1.807, 2.05) is 6.26 Å². The fourth-order valence-electron chi connectivity index (χ4n) is 1.72. The van der Waals surface area contributed by atoms with Crippen LogP contribution in [0.1, 0.15) is 10.5 Å². The average molecular weight is 278 g/mol. The highest BCUT2D eigenvalue weighted by Gasteiger charge is 2.20. The van der Waals surface area contributed by atoms with Gasteiger partial charge in [-0.25, -0.2) is 9.48 Å². The van der Waals surface area contributed by atoms with E-state index in [9.17, 15) is 9.90 Å². The summed E-state index contributed by atoms with van der Waals surface area (Å²) in [5, 5.41) is 16.8. The lowest BCUT2D eigenvalue weighted by molar-refractivity contribution is 0.0691. The summed E-state index contributed by atoms with van der Waals surface area (Å²) >= 11 is 1.66. The van der Waals surface area contributed by atoms with Crippen LogP contribution in [-0.2, 0) is 6.54 Å². The van der Waals surface area contributed by atoms with Gasteiger partial charge < -0.3 is 10.8 Å². The third-order valence-corrected chi connectivity index (χ3v) is 3.22. The van der Waals surface area contributed by atoms with E-state index in [-0.39, 0.29) is 5.69 Å². The Balaban J connectivity index is 2.47. The predicted octanol–water partition coefficient (Wildman–Crippen LogP) is 1.59. The van der Waals surface area contributed by atoms with Crippen LogP contribution in [0.15, 0.2) is 24.3 Å². The van der Waals surface area contributed by atoms with Crippen LogP contribution < -0.4 is 5.73 Å². The maximum absolute atomic E-state index is 11.2. The van der Waals surface area contributed by atoms with E-state index in [1.54, 1.807) is 40.7 Å². The molecule has 0 aliphatic rings. The number of carbonyl (C=O) groups is 1. The third-order valence-electron chi connectivity index (χ3n) is 2.63. The zero-order valence-electron chi connectivity index (χ0n) is 10.4. The molecule has 0 saturated carbocycles. The van der Waals surface area contributed by atoms with Crippen molar-refractivity contribution < 1.29 is 9.90 Å². The first-order valence-electron chi connectivity index (χ1n) is 5.65. The van der Waals surface area contributed by atoms with Gasteiger partial charge in [0.25, 0.3) is 0 Å². The lowest BCUT2D eigenvalue weighted by Crippen LogP contribution is -2.06. The van der Waals surface area contributed by atoms with Crippen molar-refractivity contribution >= 4 is 23.4 Å². The number of aromatic carboxylic acids is 1. The van der Waals surface area contributed by atoms with Crippen molar-refractivity contribution in [1.29, 1.82) is 0 Å². The number of rotatable bonds is 5. The monoisotopic (exact) mass is 278 g/mol. The summed E-state index contributed by atoms with van der Waals surface area (Å²) in [6.45, 7) is 0.612. The Morgan fingerprint density at radius 3 is 2.68 bits per heavy atom. The molecule has 1 aromatic carbocycles. The lowest BCUT2D eigenvalue weighted by Gasteiger charge is -2.06. The highest BCUT2D eigenvalue weighted by Crippen LogP contribution is 2.23. The molecule has 7 heteroatoms. The molecule has 19 heavy (non-hydrogen) atoms. The lowest BCUT2D eigenvalue weighted by atomic mass is 10.1. The number of anilines is 1. The second kappa shape index (κ2) is 5.75. The minimum Gasteiger partial charge on any atom is -0.476 e. The number of aryl methyl sites for hydroxylation is 1. The highest BCUT2D eigenvalue weighted by molar-refractivity contribution is 7.98. The molecule has 1 heterocycles. The van der Waals surface area contributed by atoms with Gasteiger partial charge in [0.05, 0.1) is 6.54 Å². The van der Waals surface area contributed by atoms with Crippen molar-refractivity contribution in [2.75, 3.05) is 17.7 Å². The van der Waals surface area contributed by atoms with Crippen LogP contribution in [-0.4, -0.2) is 38.1 Å². The Morgan fingerprint density at radius 2 is 2.11 bits per heavy atom. The number of thioether (sulfide) groups is 1. The van der Waals surface area contributed by atoms with Crippen molar-refractivity contribution in [2.45, 2.75) is 6.54 Å². The van der Waals surface area contributed by atoms with E-state index in [0.29, 0.717) is 17.9 Å². The van der Waals surface area contributed by atoms with E-state index in [0.717, 1.165) is 11.3 Å². The SMILES string of the molecule is CSCCn1nnc(C(=O)O)c1-c1ccc(N)cc1. The van der Waals surface area contributed by atoms with Crippen LogP contribution in [0.5, 0.6) is 0 Å². The van der Waals surface area contributed by atoms with Crippen LogP contribution in [0.4, 0.5) is 5.69 Å². The van der Waals surface area contributed by atoms with Gasteiger partial charge in [-0.3, -0.25) is 0 Å². The molecule has 0 fully saturated rings. The van der Waals surface area contributed by atoms with Crippen molar-refractivity contribution in [3.05, 3.63) is 30.0 Å². The summed E-state index contributed by atoms with van der Waals surface area (Å²) in [4.78, 5) is 11.2. The van der Waals surface area contributed by atoms with Gasteiger partial charge in [0.1, 0.15) is 5.69 Å². The molecule has 0 atom stereocenters. The number of nitrogens with two attached hydrogens (primary N) is 1. The Morgan fingerprint density at radius 1 is 1.42 bits per heavy atom. The van der Waals surface area contributed by atoms with Gasteiger partial charge in [0.2, 0.25) is 0 Å². The van der Waals surface area contributed by atoms with Crippen LogP contribution in [0.3, 0.4) is 0 Å². The molecule has 3 N–H and O–H groups in total. The number of aromatic nitrogens is 3. The van der Waals surface area contributed by atoms with Gasteiger partial charge >= 0.3 is 5.97 Å². The largest absolute Gasteiger partial charge is 0.476 e. The van der Waals surface area contributed by atoms with E-state index in [1.165, 1.54) is 0 Å². The maximum atomic E-state index is 11.2. The second-order valence-electron chi connectivity index (χ2n) is 3.93. The first-order valence-corrected chi connectivity index (χ1v) is 7.04. The van der Waals surface area contributed by atoms with Crippen molar-refractivity contribution in [1.82, 2.24) is 15.0 Å². The second-order valence-corrected chi connectivity index (χ2v) is 4.92. The van der Waals surface area contributed by atoms with Crippen molar-refractivity contribution in [3.8, 4) is 11.3 Å². The molecule has 0 bridgehead atoms. The average Bonchev–Trinajstić information content (AvgIpc) is 2.81. The molecule has 2 rings (SSSR count). The standard InChI is InChI=1S/C12H14N4O2S/c1-19-7-6-16-11(10(12(17)18)14-15-16)8-2-4-9(13)5-3-8/h2-5H,6-7,13H2,1H3,(H,17,18). The summed E-state index contributed by atoms with van der Waals surface area (Å²) in [6.07, 6.45) is 1.98. The quantitative estimate of drug-likeness (QED) is 0.807. The van der Waals surface area contributed by atoms with Crippen molar-refractivity contribution in [2.24, 2.45) is 0 Å². The molecule has 2 aromatic rings. The Bertz CT molecular complexity index is 580. The van der Waals surface area contributed by atoms with Gasteiger partial charge in [-0.1, -0.05) is 17.3 Å². The minimum absolute atomic E-state index is 0.0362. The van der Waals surface area contributed by atoms with Crippen LogP contribution >= 0.6 is 11.8 Å². The normalized spacial score (nSPS) is 10.6. The summed E-state index contributed by atoms with van der Waals surface area (Å²) in [5.74, 6) is -0.244. The van der Waals surface area contributed by atoms with E-state index >= 15 is 0 Å². The molecule has 0 unspecified atom stereocenters. The van der Waals surface area contributed by atoms with E-state index in [2.05, 4.69) is 10.3 Å². The van der Waals surface area contributed by atoms with Gasteiger partial charge in [0, 0.05) is 17.0 Å². The Labute approximate surface area is 114 Å². The molecular weight excluding hydrogens is 264 g/mol. The molecule has 1 aromatic heterocycles. The topological polar surface area (TPSA) is 94.0 Å². The molecule has 6 nitrogen and oxygen atoms in total. The molecule has 100 valence electrons. The molecular formula is C12H14N4O2S. The highest BCUT2D eigenvalue weighted by atomic mass is 32.2. The van der Waals surface area contributed by atoms with Crippen LogP contribution in [0.2, 0.25) is 0 Å². The summed E-state index contributed by atoms with van der Waals surface area (Å²) in [7, 11) is 0. The van der Waals surface area contributed by atoms with E-state index < -0.39 is 5.97 Å². The van der Waals surface area contributed by atoms with Crippen LogP contribution in [0, 0.1) is 0 Å². The number of nitrogens with zero attached hydrogens (tertiary/aromatic N) is 3. The van der Waals surface area contributed by atoms with Crippen LogP contribution in [0.25, 0.3) is 11.3 Å². The zero-order chi connectivity index (χ0) is 13.8. The fourth-order valence-corrected chi connectivity index (χ4v) is 2.07. The van der Waals surface area contributed by atoms with Gasteiger partial charge in [0.15, 0.2) is 5.69 Å². The zero-order valence-corrected chi connectivity index (χ0v) is 11.2. The number of benzene rings is 1. The maximum Gasteiger partial charge on any atom is 0.358 e. The molecule has 0 radical (unpaired) electrons. The molecule has 0 amide bonds. The summed E-state index contributed by atoms with van der Waals surface area (Å²) < 4.78 is 1.62. The number of carboxylic acid groups (broad SMARTS) is 1. The molecule has 0 aliphatic heterocycles. The summed E-state index contributed by atoms with van der Waals surface area (Å²) in [6, 6.07) is 7.01. The minimum atomic E-state index is -1.08. The fraction of sp³-hybridized carbons (Fsp3) is 0.250. The van der Waals surface area contributed by atoms with Gasteiger partial charge in [-0.05, 0) is 18.4 Å². The molecule has 0 aliphatic carbocycles. The molecule has 0 spiro atoms. The number of nitrogen functional groups attached to an aromatic ring is 1. The Kier molecular flexibility index (Phi) is 4.06. The first kappa shape index (κ1) is 13.4. The first-order chi connectivity index (χ1) is 9.13. The number of hydrogen-bond acceptors (Lipinski definition) is 5. The van der Waals surface area contributed by atoms with E-state index in [4.69, 9.17) is 5.73 Å². The molecule has 0 saturated heterocycles. The van der Waals surface area contributed by atoms with Gasteiger partial charge in [-0.2, -0.15) is 11.8 Å². The number of carboxylic acids is 1. The van der Waals surface area contributed by atoms with Gasteiger partial charge in [-0.15, -0.1) is 5.10 Å². The smallest absolute Gasteiger partial charge is 0.358 e. The Hall–Kier alpha value is -2.02. The summed E-state index contributed by atoms with van der Waals surface area (Å²) in [5.41, 5.74) is 7.49. The van der Waals surface area contributed by atoms with Crippen molar-refractivity contribution in [3.63, 3.8) is 0 Å².